The van der Waals surface area contributed by atoms with Crippen LogP contribution in [0.2, 0.25) is 0 Å². The number of benzene rings is 1. The number of nitrogens with zero attached hydrogens (tertiary/aromatic N) is 1. The zero-order chi connectivity index (χ0) is 9.42. The lowest BCUT2D eigenvalue weighted by atomic mass is 10.1. The molecular weight excluding hydrogens is 294 g/mol. The van der Waals surface area contributed by atoms with Crippen molar-refractivity contribution >= 4 is 42.8 Å². The molecule has 0 fully saturated rings. The third-order valence-corrected chi connectivity index (χ3v) is 3.98. The molecule has 66 valence electrons. The number of hydrogen-bond donors (Lipinski definition) is 0. The summed E-state index contributed by atoms with van der Waals surface area (Å²) in [4.78, 5) is 4.36. The van der Waals surface area contributed by atoms with Crippen molar-refractivity contribution in [3.63, 3.8) is 0 Å². The smallest absolute Gasteiger partial charge is 0.0743 e. The van der Waals surface area contributed by atoms with Crippen molar-refractivity contribution in [1.82, 2.24) is 4.98 Å². The maximum Gasteiger partial charge on any atom is 0.0743 e. The molecule has 3 heteroatoms. The standard InChI is InChI=1S/C10H7Br2N/c1-6-3-2-4-7-9(12)8(11)5-13-10(6)7/h2-5H,1H3. The van der Waals surface area contributed by atoms with E-state index in [1.807, 2.05) is 12.3 Å². The fourth-order valence-electron chi connectivity index (χ4n) is 1.31. The molecule has 2 rings (SSSR count). The van der Waals surface area contributed by atoms with E-state index in [4.69, 9.17) is 0 Å². The van der Waals surface area contributed by atoms with Crippen LogP contribution in [0.1, 0.15) is 5.56 Å². The molecule has 0 unspecified atom stereocenters. The Balaban J connectivity index is 2.94. The van der Waals surface area contributed by atoms with Crippen molar-refractivity contribution in [3.8, 4) is 0 Å². The second kappa shape index (κ2) is 3.39. The summed E-state index contributed by atoms with van der Waals surface area (Å²) in [5.74, 6) is 0. The van der Waals surface area contributed by atoms with Gasteiger partial charge < -0.3 is 0 Å². The van der Waals surface area contributed by atoms with Crippen LogP contribution in [0.15, 0.2) is 33.3 Å². The average Bonchev–Trinajstić information content (AvgIpc) is 2.12. The third kappa shape index (κ3) is 1.51. The molecule has 0 spiro atoms. The van der Waals surface area contributed by atoms with E-state index in [0.29, 0.717) is 0 Å². The molecule has 0 aliphatic heterocycles. The van der Waals surface area contributed by atoms with Gasteiger partial charge in [0.1, 0.15) is 0 Å². The Kier molecular flexibility index (Phi) is 2.39. The molecule has 1 aromatic heterocycles. The van der Waals surface area contributed by atoms with E-state index in [2.05, 4.69) is 55.9 Å². The van der Waals surface area contributed by atoms with Crippen LogP contribution in [0, 0.1) is 6.92 Å². The van der Waals surface area contributed by atoms with E-state index in [1.165, 1.54) is 5.56 Å². The van der Waals surface area contributed by atoms with Crippen LogP contribution < -0.4 is 0 Å². The molecule has 0 saturated heterocycles. The van der Waals surface area contributed by atoms with Gasteiger partial charge in [-0.2, -0.15) is 0 Å². The molecule has 1 heterocycles. The van der Waals surface area contributed by atoms with Gasteiger partial charge in [0.25, 0.3) is 0 Å². The molecule has 0 saturated carbocycles. The van der Waals surface area contributed by atoms with Gasteiger partial charge >= 0.3 is 0 Å². The first-order valence-electron chi connectivity index (χ1n) is 3.89. The largest absolute Gasteiger partial charge is 0.255 e. The predicted molar refractivity (Wildman–Crippen MR) is 61.9 cm³/mol. The Bertz CT molecular complexity index is 466. The summed E-state index contributed by atoms with van der Waals surface area (Å²) >= 11 is 6.96. The van der Waals surface area contributed by atoms with Crippen molar-refractivity contribution in [2.75, 3.05) is 0 Å². The van der Waals surface area contributed by atoms with Crippen molar-refractivity contribution in [1.29, 1.82) is 0 Å². The van der Waals surface area contributed by atoms with Gasteiger partial charge in [-0.3, -0.25) is 4.98 Å². The Morgan fingerprint density at radius 1 is 1.23 bits per heavy atom. The van der Waals surface area contributed by atoms with E-state index in [1.54, 1.807) is 0 Å². The first-order chi connectivity index (χ1) is 6.20. The lowest BCUT2D eigenvalue weighted by Gasteiger charge is -2.03. The van der Waals surface area contributed by atoms with E-state index in [0.717, 1.165) is 19.8 Å². The number of hydrogen-bond acceptors (Lipinski definition) is 1. The molecule has 2 aromatic rings. The number of halogens is 2. The highest BCUT2D eigenvalue weighted by Gasteiger charge is 2.04. The molecule has 0 atom stereocenters. The van der Waals surface area contributed by atoms with Gasteiger partial charge in [0.15, 0.2) is 0 Å². The monoisotopic (exact) mass is 299 g/mol. The number of rotatable bonds is 0. The number of para-hydroxylation sites is 1. The molecule has 0 N–H and O–H groups in total. The number of pyridine rings is 1. The second-order valence-electron chi connectivity index (χ2n) is 2.89. The van der Waals surface area contributed by atoms with Crippen LogP contribution in [0.4, 0.5) is 0 Å². The minimum absolute atomic E-state index is 0.991. The first-order valence-corrected chi connectivity index (χ1v) is 5.48. The molecule has 0 aliphatic rings. The number of fused-ring (bicyclic) bond motifs is 1. The van der Waals surface area contributed by atoms with Gasteiger partial charge in [0.05, 0.1) is 9.99 Å². The normalized spacial score (nSPS) is 10.7. The van der Waals surface area contributed by atoms with E-state index < -0.39 is 0 Å². The maximum atomic E-state index is 4.36. The highest BCUT2D eigenvalue weighted by molar-refractivity contribution is 9.13. The summed E-state index contributed by atoms with van der Waals surface area (Å²) in [5, 5.41) is 1.15. The van der Waals surface area contributed by atoms with Crippen LogP contribution in [0.25, 0.3) is 10.9 Å². The van der Waals surface area contributed by atoms with Gasteiger partial charge in [-0.1, -0.05) is 18.2 Å². The van der Waals surface area contributed by atoms with E-state index in [-0.39, 0.29) is 0 Å². The molecule has 1 nitrogen and oxygen atoms in total. The predicted octanol–water partition coefficient (Wildman–Crippen LogP) is 4.07. The third-order valence-electron chi connectivity index (χ3n) is 1.99. The zero-order valence-corrected chi connectivity index (χ0v) is 10.2. The molecule has 1 aromatic carbocycles. The number of aryl methyl sites for hydroxylation is 1. The van der Waals surface area contributed by atoms with Crippen LogP contribution >= 0.6 is 31.9 Å². The minimum atomic E-state index is 0.991. The van der Waals surface area contributed by atoms with Gasteiger partial charge in [0, 0.05) is 16.1 Å². The Morgan fingerprint density at radius 3 is 2.77 bits per heavy atom. The highest BCUT2D eigenvalue weighted by atomic mass is 79.9. The molecule has 0 amide bonds. The van der Waals surface area contributed by atoms with Crippen LogP contribution in [0.5, 0.6) is 0 Å². The maximum absolute atomic E-state index is 4.36. The van der Waals surface area contributed by atoms with Crippen molar-refractivity contribution < 1.29 is 0 Å². The average molecular weight is 301 g/mol. The van der Waals surface area contributed by atoms with Gasteiger partial charge in [0.2, 0.25) is 0 Å². The molecule has 13 heavy (non-hydrogen) atoms. The fraction of sp³-hybridized carbons (Fsp3) is 0.100. The lowest BCUT2D eigenvalue weighted by Crippen LogP contribution is -1.84. The first kappa shape index (κ1) is 9.16. The Labute approximate surface area is 93.4 Å². The quantitative estimate of drug-likeness (QED) is 0.715. The van der Waals surface area contributed by atoms with Crippen LogP contribution in [-0.4, -0.2) is 4.98 Å². The summed E-state index contributed by atoms with van der Waals surface area (Å²) < 4.78 is 2.06. The van der Waals surface area contributed by atoms with Gasteiger partial charge in [-0.05, 0) is 44.3 Å². The molecule has 0 bridgehead atoms. The van der Waals surface area contributed by atoms with Crippen molar-refractivity contribution in [2.24, 2.45) is 0 Å². The van der Waals surface area contributed by atoms with Crippen LogP contribution in [0.3, 0.4) is 0 Å². The lowest BCUT2D eigenvalue weighted by molar-refractivity contribution is 1.34. The summed E-state index contributed by atoms with van der Waals surface area (Å²) in [5.41, 5.74) is 2.25. The molecule has 0 radical (unpaired) electrons. The topological polar surface area (TPSA) is 12.9 Å². The van der Waals surface area contributed by atoms with E-state index >= 15 is 0 Å². The minimum Gasteiger partial charge on any atom is -0.255 e. The van der Waals surface area contributed by atoms with Gasteiger partial charge in [-0.25, -0.2) is 0 Å². The van der Waals surface area contributed by atoms with Crippen molar-refractivity contribution in [2.45, 2.75) is 6.92 Å². The van der Waals surface area contributed by atoms with E-state index in [9.17, 15) is 0 Å². The Morgan fingerprint density at radius 2 is 2.00 bits per heavy atom. The second-order valence-corrected chi connectivity index (χ2v) is 4.54. The Hall–Kier alpha value is -0.410. The van der Waals surface area contributed by atoms with Gasteiger partial charge in [-0.15, -0.1) is 0 Å². The number of aromatic nitrogens is 1. The molecule has 0 aliphatic carbocycles. The highest BCUT2D eigenvalue weighted by Crippen LogP contribution is 2.30. The SMILES string of the molecule is Cc1cccc2c(Br)c(Br)cnc12. The summed E-state index contributed by atoms with van der Waals surface area (Å²) in [6.45, 7) is 2.07. The molecular formula is C10H7Br2N. The van der Waals surface area contributed by atoms with Crippen molar-refractivity contribution in [3.05, 3.63) is 38.9 Å². The summed E-state index contributed by atoms with van der Waals surface area (Å²) in [7, 11) is 0. The van der Waals surface area contributed by atoms with Crippen LogP contribution in [-0.2, 0) is 0 Å². The zero-order valence-electron chi connectivity index (χ0n) is 7.01. The summed E-state index contributed by atoms with van der Waals surface area (Å²) in [6, 6.07) is 6.16. The summed E-state index contributed by atoms with van der Waals surface area (Å²) in [6.07, 6.45) is 1.82. The fourth-order valence-corrected chi connectivity index (χ4v) is 2.05.